The van der Waals surface area contributed by atoms with Crippen molar-refractivity contribution in [2.45, 2.75) is 46.1 Å². The minimum absolute atomic E-state index is 0. The van der Waals surface area contributed by atoms with Crippen LogP contribution in [0.1, 0.15) is 71.2 Å². The molecule has 0 saturated heterocycles. The number of Topliss-reactive ketones (excluding diaryl/α,β-unsaturated/α-hetero) is 1. The van der Waals surface area contributed by atoms with Gasteiger partial charge in [0.05, 0.1) is 22.3 Å². The van der Waals surface area contributed by atoms with Crippen LogP contribution in [0.25, 0.3) is 0 Å². The summed E-state index contributed by atoms with van der Waals surface area (Å²) >= 11 is 1.37. The molecule has 1 aromatic heterocycles. The van der Waals surface area contributed by atoms with Gasteiger partial charge in [0.2, 0.25) is 5.13 Å². The number of rotatable bonds is 5. The summed E-state index contributed by atoms with van der Waals surface area (Å²) in [6, 6.07) is 15.0. The molecule has 7 heteroatoms. The number of hydrogen-bond donors (Lipinski definition) is 0. The summed E-state index contributed by atoms with van der Waals surface area (Å²) in [6.45, 7) is 7.76. The third-order valence-electron chi connectivity index (χ3n) is 5.38. The third-order valence-corrected chi connectivity index (χ3v) is 6.62. The maximum atomic E-state index is 13.4. The number of carbonyl (C=O) groups excluding carboxylic acids is 1. The molecule has 0 radical (unpaired) electrons. The zero-order valence-electron chi connectivity index (χ0n) is 17.9. The van der Waals surface area contributed by atoms with Gasteiger partial charge in [-0.25, -0.2) is 14.4 Å². The molecular formula is C24H25ClFN3OS. The van der Waals surface area contributed by atoms with Crippen molar-refractivity contribution in [3.63, 3.8) is 0 Å². The molecule has 1 aliphatic heterocycles. The van der Waals surface area contributed by atoms with Crippen LogP contribution in [0.3, 0.4) is 0 Å². The van der Waals surface area contributed by atoms with Gasteiger partial charge in [-0.3, -0.25) is 4.79 Å². The lowest BCUT2D eigenvalue weighted by atomic mass is 9.95. The Morgan fingerprint density at radius 1 is 1.13 bits per heavy atom. The second kappa shape index (κ2) is 9.28. The van der Waals surface area contributed by atoms with E-state index in [1.165, 1.54) is 29.0 Å². The number of ketones is 1. The number of halogens is 2. The molecule has 1 atom stereocenters. The van der Waals surface area contributed by atoms with Gasteiger partial charge in [0.25, 0.3) is 0 Å². The Hall–Kier alpha value is -2.57. The highest BCUT2D eigenvalue weighted by molar-refractivity contribution is 7.17. The molecule has 162 valence electrons. The zero-order valence-corrected chi connectivity index (χ0v) is 19.6. The summed E-state index contributed by atoms with van der Waals surface area (Å²) in [5.74, 6) is 0.206. The number of benzene rings is 2. The van der Waals surface area contributed by atoms with E-state index in [-0.39, 0.29) is 30.0 Å². The Bertz CT molecular complexity index is 1110. The van der Waals surface area contributed by atoms with Gasteiger partial charge in [0.15, 0.2) is 5.78 Å². The molecule has 1 aliphatic rings. The van der Waals surface area contributed by atoms with Crippen LogP contribution < -0.4 is 5.01 Å². The van der Waals surface area contributed by atoms with Gasteiger partial charge < -0.3 is 0 Å². The fraction of sp³-hybridized carbons (Fsp3) is 0.292. The molecule has 0 fully saturated rings. The summed E-state index contributed by atoms with van der Waals surface area (Å²) in [5.41, 5.74) is 4.92. The first-order chi connectivity index (χ1) is 14.3. The first-order valence-electron chi connectivity index (χ1n) is 10.0. The molecule has 0 spiro atoms. The van der Waals surface area contributed by atoms with Crippen LogP contribution in [-0.2, 0) is 0 Å². The van der Waals surface area contributed by atoms with Crippen molar-refractivity contribution in [1.82, 2.24) is 4.98 Å². The van der Waals surface area contributed by atoms with E-state index in [9.17, 15) is 9.18 Å². The number of aromatic nitrogens is 1. The fourth-order valence-electron chi connectivity index (χ4n) is 3.67. The topological polar surface area (TPSA) is 45.6 Å². The molecule has 31 heavy (non-hydrogen) atoms. The van der Waals surface area contributed by atoms with Crippen molar-refractivity contribution >= 4 is 40.4 Å². The van der Waals surface area contributed by atoms with E-state index in [1.807, 2.05) is 11.9 Å². The monoisotopic (exact) mass is 457 g/mol. The maximum Gasteiger partial charge on any atom is 0.207 e. The molecule has 0 saturated carbocycles. The Balaban J connectivity index is 0.00000272. The van der Waals surface area contributed by atoms with Crippen LogP contribution in [0.5, 0.6) is 0 Å². The maximum absolute atomic E-state index is 13.4. The van der Waals surface area contributed by atoms with Crippen LogP contribution in [0.2, 0.25) is 0 Å². The number of carbonyl (C=O) groups is 1. The van der Waals surface area contributed by atoms with Crippen molar-refractivity contribution in [2.24, 2.45) is 5.10 Å². The minimum atomic E-state index is -0.267. The average molecular weight is 458 g/mol. The van der Waals surface area contributed by atoms with E-state index in [4.69, 9.17) is 5.10 Å². The van der Waals surface area contributed by atoms with Crippen molar-refractivity contribution in [3.05, 3.63) is 81.6 Å². The molecule has 4 nitrogen and oxygen atoms in total. The number of hydrazone groups is 1. The van der Waals surface area contributed by atoms with Crippen molar-refractivity contribution in [1.29, 1.82) is 0 Å². The second-order valence-corrected chi connectivity index (χ2v) is 8.88. The summed E-state index contributed by atoms with van der Waals surface area (Å²) in [7, 11) is 0. The van der Waals surface area contributed by atoms with E-state index >= 15 is 0 Å². The molecular weight excluding hydrogens is 433 g/mol. The molecule has 2 aromatic carbocycles. The van der Waals surface area contributed by atoms with Crippen molar-refractivity contribution in [2.75, 3.05) is 5.01 Å². The van der Waals surface area contributed by atoms with Gasteiger partial charge in [0.1, 0.15) is 5.82 Å². The third kappa shape index (κ3) is 4.70. The van der Waals surface area contributed by atoms with Crippen molar-refractivity contribution in [3.8, 4) is 0 Å². The van der Waals surface area contributed by atoms with Crippen molar-refractivity contribution < 1.29 is 9.18 Å². The molecule has 1 unspecified atom stereocenters. The normalized spacial score (nSPS) is 15.7. The molecule has 0 bridgehead atoms. The molecule has 0 N–H and O–H groups in total. The van der Waals surface area contributed by atoms with Gasteiger partial charge in [0, 0.05) is 13.3 Å². The number of aryl methyl sites for hydroxylation is 1. The number of anilines is 1. The highest BCUT2D eigenvalue weighted by Gasteiger charge is 2.32. The minimum Gasteiger partial charge on any atom is -0.294 e. The van der Waals surface area contributed by atoms with Gasteiger partial charge in [-0.1, -0.05) is 61.6 Å². The summed E-state index contributed by atoms with van der Waals surface area (Å²) in [5, 5.41) is 7.46. The van der Waals surface area contributed by atoms with E-state index in [1.54, 1.807) is 19.1 Å². The SMILES string of the molecule is CC(=O)c1sc(N2N=C(c3ccc(F)cc3)CC2c2ccc(C(C)C)cc2)nc1C.Cl. The Labute approximate surface area is 192 Å². The lowest BCUT2D eigenvalue weighted by Gasteiger charge is -2.21. The van der Waals surface area contributed by atoms with Crippen LogP contribution >= 0.6 is 23.7 Å². The van der Waals surface area contributed by atoms with Crippen LogP contribution in [0, 0.1) is 12.7 Å². The predicted molar refractivity (Wildman–Crippen MR) is 127 cm³/mol. The van der Waals surface area contributed by atoms with Gasteiger partial charge >= 0.3 is 0 Å². The molecule has 2 heterocycles. The summed E-state index contributed by atoms with van der Waals surface area (Å²) in [6.07, 6.45) is 0.681. The number of thiazole rings is 1. The van der Waals surface area contributed by atoms with Crippen LogP contribution in [0.4, 0.5) is 9.52 Å². The highest BCUT2D eigenvalue weighted by Crippen LogP contribution is 2.39. The van der Waals surface area contributed by atoms with E-state index in [2.05, 4.69) is 43.1 Å². The van der Waals surface area contributed by atoms with Gasteiger partial charge in [-0.05, 0) is 41.7 Å². The Morgan fingerprint density at radius 3 is 2.32 bits per heavy atom. The fourth-order valence-corrected chi connectivity index (χ4v) is 4.64. The smallest absolute Gasteiger partial charge is 0.207 e. The first kappa shape index (κ1) is 23.1. The lowest BCUT2D eigenvalue weighted by Crippen LogP contribution is -2.18. The molecule has 0 aliphatic carbocycles. The Morgan fingerprint density at radius 2 is 1.77 bits per heavy atom. The van der Waals surface area contributed by atoms with E-state index in [0.29, 0.717) is 22.3 Å². The predicted octanol–water partition coefficient (Wildman–Crippen LogP) is 6.69. The molecule has 0 amide bonds. The largest absolute Gasteiger partial charge is 0.294 e. The standard InChI is InChI=1S/C24H24FN3OS.ClH/c1-14(2)17-5-7-19(8-6-17)22-13-21(18-9-11-20(25)12-10-18)27-28(22)24-26-15(3)23(30-24)16(4)29;/h5-12,14,22H,13H2,1-4H3;1H. The second-order valence-electron chi connectivity index (χ2n) is 7.91. The highest BCUT2D eigenvalue weighted by atomic mass is 35.5. The van der Waals surface area contributed by atoms with Gasteiger partial charge in [-0.2, -0.15) is 5.10 Å². The lowest BCUT2D eigenvalue weighted by molar-refractivity contribution is 0.102. The average Bonchev–Trinajstić information content (AvgIpc) is 3.32. The van der Waals surface area contributed by atoms with Gasteiger partial charge in [-0.15, -0.1) is 12.4 Å². The summed E-state index contributed by atoms with van der Waals surface area (Å²) < 4.78 is 13.4. The Kier molecular flexibility index (Phi) is 6.92. The number of hydrogen-bond acceptors (Lipinski definition) is 5. The molecule has 3 aromatic rings. The van der Waals surface area contributed by atoms with E-state index in [0.717, 1.165) is 22.5 Å². The first-order valence-corrected chi connectivity index (χ1v) is 10.9. The van der Waals surface area contributed by atoms with Crippen LogP contribution in [0.15, 0.2) is 53.6 Å². The number of nitrogens with zero attached hydrogens (tertiary/aromatic N) is 3. The summed E-state index contributed by atoms with van der Waals surface area (Å²) in [4.78, 5) is 17.2. The molecule has 4 rings (SSSR count). The quantitative estimate of drug-likeness (QED) is 0.401. The zero-order chi connectivity index (χ0) is 21.4. The van der Waals surface area contributed by atoms with Crippen LogP contribution in [-0.4, -0.2) is 16.5 Å². The van der Waals surface area contributed by atoms with E-state index < -0.39 is 0 Å².